The number of hydrogen-bond acceptors (Lipinski definition) is 2. The Labute approximate surface area is 62.4 Å². The molecule has 0 aromatic heterocycles. The summed E-state index contributed by atoms with van der Waals surface area (Å²) in [4.78, 5) is 0. The van der Waals surface area contributed by atoms with Crippen LogP contribution in [0.1, 0.15) is 33.1 Å². The zero-order valence-electron chi connectivity index (χ0n) is 6.80. The van der Waals surface area contributed by atoms with Gasteiger partial charge in [-0.2, -0.15) is 0 Å². The molecule has 1 unspecified atom stereocenters. The predicted octanol–water partition coefficient (Wildman–Crippen LogP) is 0.885. The van der Waals surface area contributed by atoms with Gasteiger partial charge in [0, 0.05) is 5.54 Å². The summed E-state index contributed by atoms with van der Waals surface area (Å²) in [6.45, 7) is 4.21. The maximum atomic E-state index is 9.49. The molecule has 1 fully saturated rings. The second kappa shape index (κ2) is 2.51. The molecular formula is C8H17NO. The lowest BCUT2D eigenvalue weighted by molar-refractivity contribution is 0.111. The van der Waals surface area contributed by atoms with Crippen molar-refractivity contribution in [3.05, 3.63) is 0 Å². The van der Waals surface area contributed by atoms with Crippen LogP contribution in [0.15, 0.2) is 0 Å². The lowest BCUT2D eigenvalue weighted by Crippen LogP contribution is -2.37. The Hall–Kier alpha value is -0.0800. The molecule has 0 heterocycles. The van der Waals surface area contributed by atoms with Crippen molar-refractivity contribution in [2.45, 2.75) is 44.8 Å². The van der Waals surface area contributed by atoms with Crippen molar-refractivity contribution in [2.75, 3.05) is 0 Å². The standard InChI is InChI=1S/C8H17NO/c1-6(2)5-7(10)8(9)3-4-8/h6-7,10H,3-5,9H2,1-2H3. The van der Waals surface area contributed by atoms with Crippen LogP contribution in [0.3, 0.4) is 0 Å². The number of aliphatic hydroxyl groups is 1. The van der Waals surface area contributed by atoms with Gasteiger partial charge in [0.05, 0.1) is 6.10 Å². The fourth-order valence-corrected chi connectivity index (χ4v) is 1.16. The molecule has 0 bridgehead atoms. The summed E-state index contributed by atoms with van der Waals surface area (Å²) in [6.07, 6.45) is 2.57. The summed E-state index contributed by atoms with van der Waals surface area (Å²) in [5.74, 6) is 0.552. The summed E-state index contributed by atoms with van der Waals surface area (Å²) in [5, 5.41) is 9.49. The highest BCUT2D eigenvalue weighted by molar-refractivity contribution is 5.04. The highest BCUT2D eigenvalue weighted by Gasteiger charge is 2.44. The van der Waals surface area contributed by atoms with E-state index in [-0.39, 0.29) is 11.6 Å². The minimum absolute atomic E-state index is 0.204. The van der Waals surface area contributed by atoms with Gasteiger partial charge >= 0.3 is 0 Å². The van der Waals surface area contributed by atoms with Crippen LogP contribution < -0.4 is 5.73 Å². The van der Waals surface area contributed by atoms with E-state index in [1.54, 1.807) is 0 Å². The van der Waals surface area contributed by atoms with E-state index < -0.39 is 0 Å². The molecule has 0 amide bonds. The van der Waals surface area contributed by atoms with Gasteiger partial charge in [-0.1, -0.05) is 13.8 Å². The van der Waals surface area contributed by atoms with Gasteiger partial charge in [-0.3, -0.25) is 0 Å². The molecule has 10 heavy (non-hydrogen) atoms. The Balaban J connectivity index is 2.28. The minimum atomic E-state index is -0.271. The highest BCUT2D eigenvalue weighted by atomic mass is 16.3. The van der Waals surface area contributed by atoms with Gasteiger partial charge < -0.3 is 10.8 Å². The third-order valence-electron chi connectivity index (χ3n) is 2.19. The summed E-state index contributed by atoms with van der Waals surface area (Å²) < 4.78 is 0. The van der Waals surface area contributed by atoms with Gasteiger partial charge in [-0.15, -0.1) is 0 Å². The molecule has 2 nitrogen and oxygen atoms in total. The Morgan fingerprint density at radius 1 is 1.50 bits per heavy atom. The van der Waals surface area contributed by atoms with Crippen LogP contribution in [-0.4, -0.2) is 16.7 Å². The molecular weight excluding hydrogens is 126 g/mol. The normalized spacial score (nSPS) is 24.9. The molecule has 1 aliphatic carbocycles. The van der Waals surface area contributed by atoms with Crippen LogP contribution in [-0.2, 0) is 0 Å². The van der Waals surface area contributed by atoms with E-state index in [4.69, 9.17) is 5.73 Å². The zero-order chi connectivity index (χ0) is 7.78. The molecule has 1 rings (SSSR count). The molecule has 0 aliphatic heterocycles. The predicted molar refractivity (Wildman–Crippen MR) is 41.6 cm³/mol. The number of rotatable bonds is 3. The van der Waals surface area contributed by atoms with Crippen molar-refractivity contribution in [3.63, 3.8) is 0 Å². The second-order valence-corrected chi connectivity index (χ2v) is 3.88. The summed E-state index contributed by atoms with van der Waals surface area (Å²) in [7, 11) is 0. The third-order valence-corrected chi connectivity index (χ3v) is 2.19. The topological polar surface area (TPSA) is 46.2 Å². The highest BCUT2D eigenvalue weighted by Crippen LogP contribution is 2.37. The molecule has 0 aromatic carbocycles. The smallest absolute Gasteiger partial charge is 0.0722 e. The first-order valence-electron chi connectivity index (χ1n) is 4.01. The van der Waals surface area contributed by atoms with Crippen LogP contribution in [0.4, 0.5) is 0 Å². The van der Waals surface area contributed by atoms with Gasteiger partial charge in [0.15, 0.2) is 0 Å². The van der Waals surface area contributed by atoms with Crippen molar-refractivity contribution in [2.24, 2.45) is 11.7 Å². The fraction of sp³-hybridized carbons (Fsp3) is 1.00. The van der Waals surface area contributed by atoms with E-state index in [2.05, 4.69) is 13.8 Å². The van der Waals surface area contributed by atoms with Crippen LogP contribution in [0.25, 0.3) is 0 Å². The van der Waals surface area contributed by atoms with Crippen molar-refractivity contribution in [3.8, 4) is 0 Å². The molecule has 60 valence electrons. The lowest BCUT2D eigenvalue weighted by Gasteiger charge is -2.18. The van der Waals surface area contributed by atoms with Crippen LogP contribution in [0.5, 0.6) is 0 Å². The van der Waals surface area contributed by atoms with E-state index in [0.717, 1.165) is 19.3 Å². The first-order valence-corrected chi connectivity index (χ1v) is 4.01. The van der Waals surface area contributed by atoms with E-state index in [9.17, 15) is 5.11 Å². The lowest BCUT2D eigenvalue weighted by atomic mass is 9.99. The zero-order valence-corrected chi connectivity index (χ0v) is 6.80. The Morgan fingerprint density at radius 2 is 2.00 bits per heavy atom. The van der Waals surface area contributed by atoms with E-state index >= 15 is 0 Å². The van der Waals surface area contributed by atoms with Gasteiger partial charge in [0.25, 0.3) is 0 Å². The molecule has 1 aliphatic rings. The summed E-state index contributed by atoms with van der Waals surface area (Å²) in [5.41, 5.74) is 5.58. The van der Waals surface area contributed by atoms with Gasteiger partial charge in [0.1, 0.15) is 0 Å². The number of hydrogen-bond donors (Lipinski definition) is 2. The van der Waals surface area contributed by atoms with Crippen molar-refractivity contribution < 1.29 is 5.11 Å². The largest absolute Gasteiger partial charge is 0.391 e. The maximum absolute atomic E-state index is 9.49. The number of aliphatic hydroxyl groups excluding tert-OH is 1. The summed E-state index contributed by atoms with van der Waals surface area (Å²) >= 11 is 0. The Morgan fingerprint density at radius 3 is 2.30 bits per heavy atom. The minimum Gasteiger partial charge on any atom is -0.391 e. The van der Waals surface area contributed by atoms with Crippen molar-refractivity contribution in [1.29, 1.82) is 0 Å². The maximum Gasteiger partial charge on any atom is 0.0722 e. The van der Waals surface area contributed by atoms with Gasteiger partial charge in [-0.25, -0.2) is 0 Å². The molecule has 0 radical (unpaired) electrons. The van der Waals surface area contributed by atoms with E-state index in [1.807, 2.05) is 0 Å². The Kier molecular flexibility index (Phi) is 2.02. The summed E-state index contributed by atoms with van der Waals surface area (Å²) in [6, 6.07) is 0. The molecule has 2 heteroatoms. The van der Waals surface area contributed by atoms with Crippen molar-refractivity contribution >= 4 is 0 Å². The quantitative estimate of drug-likeness (QED) is 0.616. The van der Waals surface area contributed by atoms with Crippen LogP contribution in [0.2, 0.25) is 0 Å². The SMILES string of the molecule is CC(C)CC(O)C1(N)CC1. The average Bonchev–Trinajstić information content (AvgIpc) is 2.47. The van der Waals surface area contributed by atoms with Gasteiger partial charge in [0.2, 0.25) is 0 Å². The van der Waals surface area contributed by atoms with Gasteiger partial charge in [-0.05, 0) is 25.2 Å². The molecule has 3 N–H and O–H groups in total. The van der Waals surface area contributed by atoms with E-state index in [1.165, 1.54) is 0 Å². The van der Waals surface area contributed by atoms with E-state index in [0.29, 0.717) is 5.92 Å². The second-order valence-electron chi connectivity index (χ2n) is 3.88. The van der Waals surface area contributed by atoms with Crippen LogP contribution in [0, 0.1) is 5.92 Å². The third kappa shape index (κ3) is 1.70. The molecule has 0 aromatic rings. The monoisotopic (exact) mass is 143 g/mol. The number of nitrogens with two attached hydrogens (primary N) is 1. The Bertz CT molecular complexity index is 118. The first kappa shape index (κ1) is 8.02. The fourth-order valence-electron chi connectivity index (χ4n) is 1.16. The average molecular weight is 143 g/mol. The molecule has 0 saturated heterocycles. The molecule has 0 spiro atoms. The van der Waals surface area contributed by atoms with Crippen molar-refractivity contribution in [1.82, 2.24) is 0 Å². The molecule has 1 saturated carbocycles. The molecule has 1 atom stereocenters. The van der Waals surface area contributed by atoms with Crippen LogP contribution >= 0.6 is 0 Å². The first-order chi connectivity index (χ1) is 4.54.